The zero-order chi connectivity index (χ0) is 17.6. The van der Waals surface area contributed by atoms with Crippen LogP contribution in [0.15, 0.2) is 59.1 Å². The van der Waals surface area contributed by atoms with Crippen LogP contribution in [0.1, 0.15) is 23.4 Å². The number of hydrogen-bond donors (Lipinski definition) is 0. The first-order valence-corrected chi connectivity index (χ1v) is 8.40. The number of halogens is 1. The van der Waals surface area contributed by atoms with E-state index < -0.39 is 0 Å². The van der Waals surface area contributed by atoms with Crippen molar-refractivity contribution in [1.29, 1.82) is 0 Å². The summed E-state index contributed by atoms with van der Waals surface area (Å²) >= 11 is 5.82. The fraction of sp³-hybridized carbons (Fsp3) is 0.200. The molecule has 0 fully saturated rings. The summed E-state index contributed by atoms with van der Waals surface area (Å²) < 4.78 is 10.9. The number of carbonyl (C=O) groups is 1. The van der Waals surface area contributed by atoms with E-state index in [2.05, 4.69) is 4.98 Å². The highest BCUT2D eigenvalue weighted by atomic mass is 35.5. The summed E-state index contributed by atoms with van der Waals surface area (Å²) in [6, 6.07) is 15.2. The minimum absolute atomic E-state index is 0.224. The summed E-state index contributed by atoms with van der Waals surface area (Å²) in [5.74, 6) is 0.939. The summed E-state index contributed by atoms with van der Waals surface area (Å²) in [5.41, 5.74) is 3.05. The van der Waals surface area contributed by atoms with E-state index in [4.69, 9.17) is 20.8 Å². The molecular formula is C20H18ClNO3. The summed E-state index contributed by atoms with van der Waals surface area (Å²) in [7, 11) is 0. The van der Waals surface area contributed by atoms with Crippen molar-refractivity contribution in [3.8, 4) is 11.3 Å². The standard InChI is InChI=1S/C20H18ClNO3/c1-14-2-6-16(7-3-14)18-12-22-19(25-18)10-11-20(23)24-13-15-4-8-17(21)9-5-15/h2-9,12H,10-11,13H2,1H3. The van der Waals surface area contributed by atoms with E-state index in [1.165, 1.54) is 5.56 Å². The maximum absolute atomic E-state index is 11.9. The summed E-state index contributed by atoms with van der Waals surface area (Å²) in [5, 5.41) is 0.656. The van der Waals surface area contributed by atoms with Gasteiger partial charge in [0.2, 0.25) is 0 Å². The van der Waals surface area contributed by atoms with Crippen LogP contribution < -0.4 is 0 Å². The third kappa shape index (κ3) is 4.94. The van der Waals surface area contributed by atoms with Crippen molar-refractivity contribution in [1.82, 2.24) is 4.98 Å². The number of aryl methyl sites for hydroxylation is 2. The molecule has 5 heteroatoms. The van der Waals surface area contributed by atoms with Gasteiger partial charge in [0.05, 0.1) is 12.6 Å². The molecule has 0 aliphatic carbocycles. The molecule has 0 amide bonds. The first kappa shape index (κ1) is 17.2. The predicted octanol–water partition coefficient (Wildman–Crippen LogP) is 4.98. The smallest absolute Gasteiger partial charge is 0.306 e. The molecule has 0 aliphatic heterocycles. The lowest BCUT2D eigenvalue weighted by atomic mass is 10.1. The van der Waals surface area contributed by atoms with Gasteiger partial charge in [0, 0.05) is 17.0 Å². The maximum atomic E-state index is 11.9. The Labute approximate surface area is 151 Å². The van der Waals surface area contributed by atoms with Gasteiger partial charge in [-0.05, 0) is 24.6 Å². The second-order valence-electron chi connectivity index (χ2n) is 5.77. The Kier molecular flexibility index (Phi) is 5.51. The van der Waals surface area contributed by atoms with Crippen molar-refractivity contribution in [2.45, 2.75) is 26.4 Å². The summed E-state index contributed by atoms with van der Waals surface area (Å²) in [6.07, 6.45) is 2.31. The Morgan fingerprint density at radius 1 is 1.12 bits per heavy atom. The lowest BCUT2D eigenvalue weighted by molar-refractivity contribution is -0.145. The third-order valence-electron chi connectivity index (χ3n) is 3.75. The van der Waals surface area contributed by atoms with Gasteiger partial charge in [0.25, 0.3) is 0 Å². The van der Waals surface area contributed by atoms with Crippen LogP contribution in [-0.2, 0) is 22.6 Å². The largest absolute Gasteiger partial charge is 0.461 e. The van der Waals surface area contributed by atoms with Crippen molar-refractivity contribution >= 4 is 17.6 Å². The van der Waals surface area contributed by atoms with Crippen LogP contribution in [0.3, 0.4) is 0 Å². The molecule has 25 heavy (non-hydrogen) atoms. The number of rotatable bonds is 6. The third-order valence-corrected chi connectivity index (χ3v) is 4.00. The van der Waals surface area contributed by atoms with Gasteiger partial charge in [-0.25, -0.2) is 4.98 Å². The normalized spacial score (nSPS) is 10.6. The Bertz CT molecular complexity index is 838. The highest BCUT2D eigenvalue weighted by molar-refractivity contribution is 6.30. The van der Waals surface area contributed by atoms with E-state index in [-0.39, 0.29) is 19.0 Å². The zero-order valence-corrected chi connectivity index (χ0v) is 14.6. The highest BCUT2D eigenvalue weighted by Crippen LogP contribution is 2.21. The molecule has 4 nitrogen and oxygen atoms in total. The van der Waals surface area contributed by atoms with Crippen molar-refractivity contribution in [2.24, 2.45) is 0 Å². The van der Waals surface area contributed by atoms with Gasteiger partial charge in [-0.3, -0.25) is 4.79 Å². The van der Waals surface area contributed by atoms with Crippen molar-refractivity contribution < 1.29 is 13.9 Å². The molecule has 1 heterocycles. The first-order valence-electron chi connectivity index (χ1n) is 8.02. The lowest BCUT2D eigenvalue weighted by Crippen LogP contribution is -2.06. The molecule has 3 rings (SSSR count). The number of esters is 1. The molecule has 0 radical (unpaired) electrons. The molecule has 0 spiro atoms. The molecule has 0 saturated carbocycles. The quantitative estimate of drug-likeness (QED) is 0.585. The average molecular weight is 356 g/mol. The Morgan fingerprint density at radius 2 is 1.84 bits per heavy atom. The van der Waals surface area contributed by atoms with Crippen LogP contribution in [0, 0.1) is 6.92 Å². The van der Waals surface area contributed by atoms with Gasteiger partial charge >= 0.3 is 5.97 Å². The summed E-state index contributed by atoms with van der Waals surface area (Å²) in [4.78, 5) is 16.1. The predicted molar refractivity (Wildman–Crippen MR) is 96.2 cm³/mol. The van der Waals surface area contributed by atoms with Gasteiger partial charge in [0.15, 0.2) is 11.7 Å². The van der Waals surface area contributed by atoms with Gasteiger partial charge < -0.3 is 9.15 Å². The minimum Gasteiger partial charge on any atom is -0.461 e. The molecule has 0 N–H and O–H groups in total. The SMILES string of the molecule is Cc1ccc(-c2cnc(CCC(=O)OCc3ccc(Cl)cc3)o2)cc1. The van der Waals surface area contributed by atoms with E-state index in [0.717, 1.165) is 11.1 Å². The molecule has 0 saturated heterocycles. The molecule has 0 unspecified atom stereocenters. The van der Waals surface area contributed by atoms with Crippen LogP contribution in [0.5, 0.6) is 0 Å². The maximum Gasteiger partial charge on any atom is 0.306 e. The van der Waals surface area contributed by atoms with Crippen LogP contribution in [-0.4, -0.2) is 11.0 Å². The Morgan fingerprint density at radius 3 is 2.56 bits per heavy atom. The molecule has 1 aromatic heterocycles. The fourth-order valence-electron chi connectivity index (χ4n) is 2.30. The number of benzene rings is 2. The van der Waals surface area contributed by atoms with Crippen LogP contribution >= 0.6 is 11.6 Å². The van der Waals surface area contributed by atoms with Gasteiger partial charge in [-0.1, -0.05) is 53.6 Å². The van der Waals surface area contributed by atoms with E-state index in [1.54, 1.807) is 18.3 Å². The number of hydrogen-bond acceptors (Lipinski definition) is 4. The topological polar surface area (TPSA) is 52.3 Å². The first-order chi connectivity index (χ1) is 12.1. The minimum atomic E-state index is -0.287. The average Bonchev–Trinajstić information content (AvgIpc) is 3.09. The van der Waals surface area contributed by atoms with E-state index in [1.807, 2.05) is 43.3 Å². The van der Waals surface area contributed by atoms with Crippen LogP contribution in [0.4, 0.5) is 0 Å². The van der Waals surface area contributed by atoms with Crippen LogP contribution in [0.25, 0.3) is 11.3 Å². The van der Waals surface area contributed by atoms with E-state index >= 15 is 0 Å². The highest BCUT2D eigenvalue weighted by Gasteiger charge is 2.10. The molecule has 2 aromatic carbocycles. The molecule has 3 aromatic rings. The molecular weight excluding hydrogens is 338 g/mol. The molecule has 128 valence electrons. The lowest BCUT2D eigenvalue weighted by Gasteiger charge is -2.04. The second-order valence-corrected chi connectivity index (χ2v) is 6.21. The van der Waals surface area contributed by atoms with Crippen LogP contribution in [0.2, 0.25) is 5.02 Å². The number of ether oxygens (including phenoxy) is 1. The number of aromatic nitrogens is 1. The second kappa shape index (κ2) is 7.99. The van der Waals surface area contributed by atoms with Crippen molar-refractivity contribution in [3.63, 3.8) is 0 Å². The van der Waals surface area contributed by atoms with Gasteiger partial charge in [0.1, 0.15) is 6.61 Å². The molecule has 0 bridgehead atoms. The number of nitrogens with zero attached hydrogens (tertiary/aromatic N) is 1. The van der Waals surface area contributed by atoms with Crippen molar-refractivity contribution in [2.75, 3.05) is 0 Å². The van der Waals surface area contributed by atoms with Crippen molar-refractivity contribution in [3.05, 3.63) is 76.8 Å². The number of carbonyl (C=O) groups excluding carboxylic acids is 1. The Balaban J connectivity index is 1.49. The monoisotopic (exact) mass is 355 g/mol. The molecule has 0 atom stereocenters. The van der Waals surface area contributed by atoms with E-state index in [0.29, 0.717) is 23.1 Å². The van der Waals surface area contributed by atoms with Gasteiger partial charge in [-0.2, -0.15) is 0 Å². The zero-order valence-electron chi connectivity index (χ0n) is 13.9. The van der Waals surface area contributed by atoms with Gasteiger partial charge in [-0.15, -0.1) is 0 Å². The Hall–Kier alpha value is -2.59. The number of oxazole rings is 1. The van der Waals surface area contributed by atoms with E-state index in [9.17, 15) is 4.79 Å². The molecule has 0 aliphatic rings. The fourth-order valence-corrected chi connectivity index (χ4v) is 2.43. The summed E-state index contributed by atoms with van der Waals surface area (Å²) in [6.45, 7) is 2.27.